The minimum absolute atomic E-state index is 0.600. The van der Waals surface area contributed by atoms with Crippen molar-refractivity contribution in [3.63, 3.8) is 0 Å². The van der Waals surface area contributed by atoms with Crippen LogP contribution in [0, 0.1) is 0 Å². The molecule has 0 amide bonds. The predicted molar refractivity (Wildman–Crippen MR) is 79.1 cm³/mol. The van der Waals surface area contributed by atoms with Gasteiger partial charge in [0, 0.05) is 27.7 Å². The third-order valence-electron chi connectivity index (χ3n) is 3.05. The van der Waals surface area contributed by atoms with Crippen LogP contribution in [0.2, 0.25) is 0 Å². The lowest BCUT2D eigenvalue weighted by molar-refractivity contribution is 0.474. The molecule has 0 spiro atoms. The molecule has 1 heterocycles. The van der Waals surface area contributed by atoms with Gasteiger partial charge in [0.2, 0.25) is 0 Å². The van der Waals surface area contributed by atoms with E-state index < -0.39 is 0 Å². The maximum atomic E-state index is 4.29. The van der Waals surface area contributed by atoms with E-state index in [1.54, 1.807) is 18.1 Å². The van der Waals surface area contributed by atoms with Gasteiger partial charge in [-0.1, -0.05) is 30.3 Å². The Bertz CT molecular complexity index is 560. The number of hydrogen-bond acceptors (Lipinski definition) is 3. The number of nitrogens with zero attached hydrogens (tertiary/aromatic N) is 5. The van der Waals surface area contributed by atoms with E-state index in [0.29, 0.717) is 6.54 Å². The molecule has 1 aromatic carbocycles. The van der Waals surface area contributed by atoms with Crippen LogP contribution in [0.1, 0.15) is 11.4 Å². The Balaban J connectivity index is 1.93. The van der Waals surface area contributed by atoms with Gasteiger partial charge in [-0.05, 0) is 5.56 Å². The summed E-state index contributed by atoms with van der Waals surface area (Å²) < 4.78 is 1.75. The summed E-state index contributed by atoms with van der Waals surface area (Å²) in [4.78, 5) is 10.5. The summed E-state index contributed by atoms with van der Waals surface area (Å²) in [5.74, 6) is 1.70. The minimum Gasteiger partial charge on any atom is -0.349 e. The summed E-state index contributed by atoms with van der Waals surface area (Å²) >= 11 is 0. The first kappa shape index (κ1) is 14.0. The molecule has 0 bridgehead atoms. The first-order chi connectivity index (χ1) is 9.70. The van der Waals surface area contributed by atoms with Crippen LogP contribution < -0.4 is 5.32 Å². The molecular formula is C14H20N6. The maximum absolute atomic E-state index is 4.29. The Kier molecular flexibility index (Phi) is 4.70. The van der Waals surface area contributed by atoms with Gasteiger partial charge < -0.3 is 10.2 Å². The van der Waals surface area contributed by atoms with Crippen molar-refractivity contribution in [2.45, 2.75) is 13.1 Å². The highest BCUT2D eigenvalue weighted by molar-refractivity contribution is 5.79. The number of rotatable bonds is 4. The van der Waals surface area contributed by atoms with E-state index in [9.17, 15) is 0 Å². The number of nitrogens with one attached hydrogen (secondary N) is 1. The molecule has 0 aliphatic heterocycles. The highest BCUT2D eigenvalue weighted by atomic mass is 15.3. The second-order valence-corrected chi connectivity index (χ2v) is 4.54. The summed E-state index contributed by atoms with van der Waals surface area (Å²) in [5, 5.41) is 7.33. The standard InChI is InChI=1S/C14H20N6/c1-15-14(16-9-13-17-11-18-20(13)3)19(2)10-12-7-5-4-6-8-12/h4-8,11H,9-10H2,1-3H3,(H,15,16). The van der Waals surface area contributed by atoms with Crippen molar-refractivity contribution >= 4 is 5.96 Å². The zero-order valence-electron chi connectivity index (χ0n) is 12.1. The summed E-state index contributed by atoms with van der Waals surface area (Å²) in [6.07, 6.45) is 1.55. The zero-order chi connectivity index (χ0) is 14.4. The fraction of sp³-hybridized carbons (Fsp3) is 0.357. The number of hydrogen-bond donors (Lipinski definition) is 1. The Hall–Kier alpha value is -2.37. The molecule has 1 N–H and O–H groups in total. The van der Waals surface area contributed by atoms with Crippen molar-refractivity contribution < 1.29 is 0 Å². The largest absolute Gasteiger partial charge is 0.349 e. The molecule has 2 rings (SSSR count). The van der Waals surface area contributed by atoms with Crippen LogP contribution in [0.5, 0.6) is 0 Å². The molecular weight excluding hydrogens is 252 g/mol. The van der Waals surface area contributed by atoms with Gasteiger partial charge >= 0.3 is 0 Å². The average molecular weight is 272 g/mol. The second kappa shape index (κ2) is 6.70. The third-order valence-corrected chi connectivity index (χ3v) is 3.05. The Labute approximate surface area is 119 Å². The zero-order valence-corrected chi connectivity index (χ0v) is 12.1. The van der Waals surface area contributed by atoms with Gasteiger partial charge in [-0.2, -0.15) is 5.10 Å². The number of benzene rings is 1. The molecule has 1 aromatic heterocycles. The molecule has 6 nitrogen and oxygen atoms in total. The Morgan fingerprint density at radius 2 is 2.10 bits per heavy atom. The first-order valence-corrected chi connectivity index (χ1v) is 6.49. The van der Waals surface area contributed by atoms with Crippen LogP contribution >= 0.6 is 0 Å². The van der Waals surface area contributed by atoms with E-state index in [4.69, 9.17) is 0 Å². The van der Waals surface area contributed by atoms with Gasteiger partial charge in [0.1, 0.15) is 12.2 Å². The highest BCUT2D eigenvalue weighted by Crippen LogP contribution is 2.03. The Morgan fingerprint density at radius 1 is 1.35 bits per heavy atom. The molecule has 2 aromatic rings. The summed E-state index contributed by atoms with van der Waals surface area (Å²) in [6.45, 7) is 1.40. The quantitative estimate of drug-likeness (QED) is 0.667. The van der Waals surface area contributed by atoms with Gasteiger partial charge in [-0.15, -0.1) is 0 Å². The Morgan fingerprint density at radius 3 is 2.70 bits per heavy atom. The van der Waals surface area contributed by atoms with Gasteiger partial charge in [0.25, 0.3) is 0 Å². The van der Waals surface area contributed by atoms with E-state index in [2.05, 4.69) is 37.4 Å². The molecule has 0 saturated carbocycles. The van der Waals surface area contributed by atoms with Crippen LogP contribution in [0.3, 0.4) is 0 Å². The monoisotopic (exact) mass is 272 g/mol. The maximum Gasteiger partial charge on any atom is 0.194 e. The lowest BCUT2D eigenvalue weighted by Crippen LogP contribution is -2.38. The molecule has 0 aliphatic carbocycles. The summed E-state index contributed by atoms with van der Waals surface area (Å²) in [5.41, 5.74) is 1.25. The van der Waals surface area contributed by atoms with Gasteiger partial charge in [-0.3, -0.25) is 9.67 Å². The first-order valence-electron chi connectivity index (χ1n) is 6.49. The second-order valence-electron chi connectivity index (χ2n) is 4.54. The van der Waals surface area contributed by atoms with Gasteiger partial charge in [0.05, 0.1) is 6.54 Å². The van der Waals surface area contributed by atoms with E-state index in [1.807, 2.05) is 32.3 Å². The molecule has 0 atom stereocenters. The highest BCUT2D eigenvalue weighted by Gasteiger charge is 2.08. The van der Waals surface area contributed by atoms with Crippen molar-refractivity contribution in [3.05, 3.63) is 48.0 Å². The van der Waals surface area contributed by atoms with E-state index in [1.165, 1.54) is 5.56 Å². The minimum atomic E-state index is 0.600. The lowest BCUT2D eigenvalue weighted by atomic mass is 10.2. The molecule has 0 unspecified atom stereocenters. The molecule has 20 heavy (non-hydrogen) atoms. The van der Waals surface area contributed by atoms with Crippen LogP contribution in [0.25, 0.3) is 0 Å². The number of aliphatic imine (C=N–C) groups is 1. The van der Waals surface area contributed by atoms with Crippen molar-refractivity contribution in [1.29, 1.82) is 0 Å². The normalized spacial score (nSPS) is 11.4. The van der Waals surface area contributed by atoms with Crippen molar-refractivity contribution in [2.75, 3.05) is 14.1 Å². The predicted octanol–water partition coefficient (Wildman–Crippen LogP) is 1.02. The SMILES string of the molecule is CN=C(NCc1ncnn1C)N(C)Cc1ccccc1. The molecule has 6 heteroatoms. The van der Waals surface area contributed by atoms with Crippen LogP contribution in [0.15, 0.2) is 41.7 Å². The molecule has 106 valence electrons. The smallest absolute Gasteiger partial charge is 0.194 e. The fourth-order valence-corrected chi connectivity index (χ4v) is 1.96. The topological polar surface area (TPSA) is 58.3 Å². The number of aromatic nitrogens is 3. The summed E-state index contributed by atoms with van der Waals surface area (Å²) in [7, 11) is 5.67. The van der Waals surface area contributed by atoms with E-state index in [-0.39, 0.29) is 0 Å². The van der Waals surface area contributed by atoms with Crippen LogP contribution in [-0.2, 0) is 20.1 Å². The molecule has 0 radical (unpaired) electrons. The number of guanidine groups is 1. The summed E-state index contributed by atoms with van der Waals surface area (Å²) in [6, 6.07) is 10.3. The van der Waals surface area contributed by atoms with Crippen LogP contribution in [0.4, 0.5) is 0 Å². The average Bonchev–Trinajstić information content (AvgIpc) is 2.86. The van der Waals surface area contributed by atoms with Crippen LogP contribution in [-0.4, -0.2) is 39.7 Å². The van der Waals surface area contributed by atoms with Gasteiger partial charge in [-0.25, -0.2) is 4.98 Å². The fourth-order valence-electron chi connectivity index (χ4n) is 1.96. The third kappa shape index (κ3) is 3.57. The molecule has 0 aliphatic rings. The van der Waals surface area contributed by atoms with Crippen molar-refractivity contribution in [1.82, 2.24) is 25.0 Å². The van der Waals surface area contributed by atoms with Gasteiger partial charge in [0.15, 0.2) is 5.96 Å². The van der Waals surface area contributed by atoms with Crippen molar-refractivity contribution in [3.8, 4) is 0 Å². The van der Waals surface area contributed by atoms with E-state index >= 15 is 0 Å². The molecule has 0 saturated heterocycles. The van der Waals surface area contributed by atoms with E-state index in [0.717, 1.165) is 18.3 Å². The van der Waals surface area contributed by atoms with Crippen molar-refractivity contribution in [2.24, 2.45) is 12.0 Å². The number of aryl methyl sites for hydroxylation is 1. The lowest BCUT2D eigenvalue weighted by Gasteiger charge is -2.22. The molecule has 0 fully saturated rings.